The minimum absolute atomic E-state index is 0.126. The molecule has 2 aromatic heterocycles. The van der Waals surface area contributed by atoms with E-state index in [9.17, 15) is 4.39 Å². The lowest BCUT2D eigenvalue weighted by atomic mass is 9.92. The van der Waals surface area contributed by atoms with Crippen LogP contribution in [0.25, 0.3) is 11.7 Å². The normalized spacial score (nSPS) is 13.7. The summed E-state index contributed by atoms with van der Waals surface area (Å²) >= 11 is 0. The molecule has 1 atom stereocenters. The number of hydrogen-bond acceptors (Lipinski definition) is 5. The van der Waals surface area contributed by atoms with Gasteiger partial charge in [0.25, 0.3) is 5.89 Å². The monoisotopic (exact) mass is 389 g/mol. The Morgan fingerprint density at radius 1 is 1.07 bits per heavy atom. The second kappa shape index (κ2) is 7.03. The SMILES string of the molecule is C=S(Cc1ccc(F)cc1)C(C)(C)c1nnc(-c2cc(C(C)(C)C)no2)o1. The molecule has 0 saturated carbocycles. The minimum atomic E-state index is -0.438. The quantitative estimate of drug-likeness (QED) is 0.554. The van der Waals surface area contributed by atoms with Crippen molar-refractivity contribution in [1.29, 1.82) is 0 Å². The first-order valence-corrected chi connectivity index (χ1v) is 10.2. The third kappa shape index (κ3) is 4.18. The topological polar surface area (TPSA) is 65.0 Å². The van der Waals surface area contributed by atoms with E-state index < -0.39 is 4.75 Å². The summed E-state index contributed by atoms with van der Waals surface area (Å²) in [4.78, 5) is 0. The molecule has 3 rings (SSSR count). The molecule has 0 amide bonds. The number of nitrogens with zero attached hydrogens (tertiary/aromatic N) is 3. The van der Waals surface area contributed by atoms with Crippen LogP contribution in [0.2, 0.25) is 0 Å². The Morgan fingerprint density at radius 3 is 2.33 bits per heavy atom. The Bertz CT molecular complexity index is 952. The van der Waals surface area contributed by atoms with E-state index in [1.54, 1.807) is 12.1 Å². The number of aromatic nitrogens is 3. The Kier molecular flexibility index (Phi) is 5.08. The average Bonchev–Trinajstić information content (AvgIpc) is 3.25. The highest BCUT2D eigenvalue weighted by Gasteiger charge is 2.31. The van der Waals surface area contributed by atoms with Gasteiger partial charge in [-0.3, -0.25) is 0 Å². The van der Waals surface area contributed by atoms with Gasteiger partial charge in [-0.2, -0.15) is 10.5 Å². The Balaban J connectivity index is 1.80. The van der Waals surface area contributed by atoms with E-state index in [0.717, 1.165) is 11.3 Å². The highest BCUT2D eigenvalue weighted by molar-refractivity contribution is 8.14. The summed E-state index contributed by atoms with van der Waals surface area (Å²) in [6.07, 6.45) is 0. The fourth-order valence-electron chi connectivity index (χ4n) is 2.38. The first-order chi connectivity index (χ1) is 12.6. The molecule has 3 aromatic rings. The van der Waals surface area contributed by atoms with Crippen molar-refractivity contribution in [1.82, 2.24) is 15.4 Å². The van der Waals surface area contributed by atoms with E-state index in [-0.39, 0.29) is 21.7 Å². The van der Waals surface area contributed by atoms with Crippen LogP contribution in [0.5, 0.6) is 0 Å². The summed E-state index contributed by atoms with van der Waals surface area (Å²) in [7, 11) is -0.356. The van der Waals surface area contributed by atoms with Crippen LogP contribution in [0.4, 0.5) is 4.39 Å². The van der Waals surface area contributed by atoms with Crippen molar-refractivity contribution in [2.24, 2.45) is 0 Å². The van der Waals surface area contributed by atoms with Crippen molar-refractivity contribution in [3.8, 4) is 11.7 Å². The maximum Gasteiger partial charge on any atom is 0.286 e. The lowest BCUT2D eigenvalue weighted by molar-refractivity contribution is 0.384. The van der Waals surface area contributed by atoms with Crippen LogP contribution >= 0.6 is 10.5 Å². The highest BCUT2D eigenvalue weighted by atomic mass is 32.2. The van der Waals surface area contributed by atoms with Gasteiger partial charge in [0.05, 0.1) is 10.4 Å². The Morgan fingerprint density at radius 2 is 1.74 bits per heavy atom. The van der Waals surface area contributed by atoms with Crippen molar-refractivity contribution in [3.05, 3.63) is 53.3 Å². The van der Waals surface area contributed by atoms with Crippen molar-refractivity contribution in [2.75, 3.05) is 0 Å². The smallest absolute Gasteiger partial charge is 0.286 e. The van der Waals surface area contributed by atoms with Crippen molar-refractivity contribution >= 4 is 16.4 Å². The summed E-state index contributed by atoms with van der Waals surface area (Å²) in [6.45, 7) is 10.2. The molecular formula is C20H24FN3O2S. The molecule has 7 heteroatoms. The molecule has 0 aliphatic carbocycles. The van der Waals surface area contributed by atoms with Gasteiger partial charge < -0.3 is 8.94 Å². The van der Waals surface area contributed by atoms with Crippen molar-refractivity contribution in [3.63, 3.8) is 0 Å². The Hall–Kier alpha value is -2.28. The predicted octanol–water partition coefficient (Wildman–Crippen LogP) is 5.30. The molecule has 0 spiro atoms. The number of rotatable bonds is 5. The molecule has 0 bridgehead atoms. The fourth-order valence-corrected chi connectivity index (χ4v) is 3.67. The van der Waals surface area contributed by atoms with Gasteiger partial charge in [-0.15, -0.1) is 10.2 Å². The average molecular weight is 389 g/mol. The second-order valence-electron chi connectivity index (χ2n) is 8.01. The molecule has 5 nitrogen and oxygen atoms in total. The maximum absolute atomic E-state index is 13.1. The molecular weight excluding hydrogens is 365 g/mol. The molecule has 0 aliphatic heterocycles. The second-order valence-corrected chi connectivity index (χ2v) is 10.3. The summed E-state index contributed by atoms with van der Waals surface area (Å²) < 4.78 is 23.9. The standard InChI is InChI=1S/C20H24FN3O2S/c1-19(2,3)16-11-15(26-24-16)17-22-23-18(25-17)20(4,5)27(6)12-13-7-9-14(21)10-8-13/h7-11H,6,12H2,1-5H3. The first-order valence-electron chi connectivity index (χ1n) is 8.64. The molecule has 0 radical (unpaired) electrons. The van der Waals surface area contributed by atoms with Gasteiger partial charge in [0.2, 0.25) is 11.7 Å². The van der Waals surface area contributed by atoms with Crippen LogP contribution in [0.3, 0.4) is 0 Å². The van der Waals surface area contributed by atoms with Crippen LogP contribution in [0, 0.1) is 5.82 Å². The van der Waals surface area contributed by atoms with Gasteiger partial charge in [0.1, 0.15) is 5.82 Å². The highest BCUT2D eigenvalue weighted by Crippen LogP contribution is 2.42. The van der Waals surface area contributed by atoms with Crippen LogP contribution < -0.4 is 0 Å². The summed E-state index contributed by atoms with van der Waals surface area (Å²) in [6, 6.07) is 8.30. The van der Waals surface area contributed by atoms with Crippen molar-refractivity contribution in [2.45, 2.75) is 50.5 Å². The third-order valence-electron chi connectivity index (χ3n) is 4.41. The van der Waals surface area contributed by atoms with Gasteiger partial charge in [-0.05, 0) is 31.5 Å². The van der Waals surface area contributed by atoms with E-state index >= 15 is 0 Å². The molecule has 0 saturated heterocycles. The van der Waals surface area contributed by atoms with E-state index in [1.165, 1.54) is 12.1 Å². The van der Waals surface area contributed by atoms with E-state index in [4.69, 9.17) is 8.94 Å². The minimum Gasteiger partial charge on any atom is -0.417 e. The molecule has 1 unspecified atom stereocenters. The van der Waals surface area contributed by atoms with Gasteiger partial charge in [0.15, 0.2) is 0 Å². The summed E-state index contributed by atoms with van der Waals surface area (Å²) in [5.74, 6) is 6.00. The molecule has 0 aliphatic rings. The first kappa shape index (κ1) is 19.5. The lowest BCUT2D eigenvalue weighted by Crippen LogP contribution is -2.15. The van der Waals surface area contributed by atoms with E-state index in [2.05, 4.69) is 42.0 Å². The molecule has 2 heterocycles. The number of benzene rings is 1. The van der Waals surface area contributed by atoms with Gasteiger partial charge in [-0.1, -0.05) is 43.9 Å². The van der Waals surface area contributed by atoms with Gasteiger partial charge in [0, 0.05) is 17.2 Å². The van der Waals surface area contributed by atoms with Crippen LogP contribution in [-0.4, -0.2) is 21.2 Å². The van der Waals surface area contributed by atoms with E-state index in [1.807, 2.05) is 19.9 Å². The van der Waals surface area contributed by atoms with Crippen LogP contribution in [-0.2, 0) is 15.9 Å². The molecule has 0 N–H and O–H groups in total. The van der Waals surface area contributed by atoms with Gasteiger partial charge >= 0.3 is 0 Å². The molecule has 0 fully saturated rings. The number of halogens is 1. The summed E-state index contributed by atoms with van der Waals surface area (Å²) in [5, 5.41) is 12.4. The zero-order valence-electron chi connectivity index (χ0n) is 16.2. The van der Waals surface area contributed by atoms with Crippen molar-refractivity contribution < 1.29 is 13.3 Å². The Labute approximate surface area is 160 Å². The largest absolute Gasteiger partial charge is 0.417 e. The van der Waals surface area contributed by atoms with Crippen LogP contribution in [0.15, 0.2) is 39.3 Å². The van der Waals surface area contributed by atoms with E-state index in [0.29, 0.717) is 23.3 Å². The number of hydrogen-bond donors (Lipinski definition) is 0. The maximum atomic E-state index is 13.1. The summed E-state index contributed by atoms with van der Waals surface area (Å²) in [5.41, 5.74) is 1.72. The molecule has 144 valence electrons. The molecule has 27 heavy (non-hydrogen) atoms. The fraction of sp³-hybridized carbons (Fsp3) is 0.400. The predicted molar refractivity (Wildman–Crippen MR) is 106 cm³/mol. The third-order valence-corrected chi connectivity index (χ3v) is 6.71. The molecule has 1 aromatic carbocycles. The lowest BCUT2D eigenvalue weighted by Gasteiger charge is -2.24. The van der Waals surface area contributed by atoms with Crippen LogP contribution in [0.1, 0.15) is 51.8 Å². The zero-order chi connectivity index (χ0) is 19.8. The van der Waals surface area contributed by atoms with Gasteiger partial charge in [-0.25, -0.2) is 4.39 Å². The zero-order valence-corrected chi connectivity index (χ0v) is 17.1.